The number of ether oxygens (including phenoxy) is 3. The van der Waals surface area contributed by atoms with Crippen molar-refractivity contribution >= 4 is 23.5 Å². The maximum atomic E-state index is 13.1. The molecule has 3 rings (SSSR count). The number of carbonyl (C=O) groups excluding carboxylic acids is 3. The molecule has 0 unspecified atom stereocenters. The maximum absolute atomic E-state index is 13.1. The second-order valence-corrected chi connectivity index (χ2v) is 7.13. The largest absolute Gasteiger partial charge is 0.496 e. The highest BCUT2D eigenvalue weighted by molar-refractivity contribution is 6.02. The maximum Gasteiger partial charge on any atom is 0.339 e. The van der Waals surface area contributed by atoms with Crippen molar-refractivity contribution in [3.8, 4) is 11.5 Å². The quantitative estimate of drug-likeness (QED) is 0.714. The predicted octanol–water partition coefficient (Wildman–Crippen LogP) is 2.98. The summed E-state index contributed by atoms with van der Waals surface area (Å²) >= 11 is 0. The Hall–Kier alpha value is -3.55. The standard InChI is InChI=1S/C23H26N2O6/c1-29-18-9-6-10-19(30-2)20(18)22(27)25-13-11-15(12-14-25)21(26)24-17-8-5-4-7-16(17)23(28)31-3/h4-10,15H,11-14H2,1-3H3,(H,24,26). The van der Waals surface area contributed by atoms with Gasteiger partial charge in [0.25, 0.3) is 5.91 Å². The lowest BCUT2D eigenvalue weighted by Gasteiger charge is -2.32. The molecule has 1 aliphatic rings. The Labute approximate surface area is 181 Å². The Morgan fingerprint density at radius 3 is 2.10 bits per heavy atom. The van der Waals surface area contributed by atoms with Gasteiger partial charge in [0.05, 0.1) is 32.6 Å². The Morgan fingerprint density at radius 2 is 1.52 bits per heavy atom. The van der Waals surface area contributed by atoms with Crippen molar-refractivity contribution < 1.29 is 28.6 Å². The Balaban J connectivity index is 1.66. The van der Waals surface area contributed by atoms with Crippen LogP contribution in [0.4, 0.5) is 5.69 Å². The van der Waals surface area contributed by atoms with Crippen LogP contribution < -0.4 is 14.8 Å². The van der Waals surface area contributed by atoms with Gasteiger partial charge >= 0.3 is 5.97 Å². The van der Waals surface area contributed by atoms with Crippen molar-refractivity contribution in [3.05, 3.63) is 53.6 Å². The molecule has 0 aromatic heterocycles. The molecule has 31 heavy (non-hydrogen) atoms. The summed E-state index contributed by atoms with van der Waals surface area (Å²) in [6, 6.07) is 11.9. The monoisotopic (exact) mass is 426 g/mol. The molecule has 1 heterocycles. The third-order valence-electron chi connectivity index (χ3n) is 5.38. The molecule has 1 N–H and O–H groups in total. The van der Waals surface area contributed by atoms with Crippen molar-refractivity contribution in [1.82, 2.24) is 4.90 Å². The number of esters is 1. The number of hydrogen-bond acceptors (Lipinski definition) is 6. The van der Waals surface area contributed by atoms with Crippen molar-refractivity contribution in [2.24, 2.45) is 5.92 Å². The highest BCUT2D eigenvalue weighted by Gasteiger charge is 2.31. The highest BCUT2D eigenvalue weighted by Crippen LogP contribution is 2.31. The van der Waals surface area contributed by atoms with Gasteiger partial charge in [-0.15, -0.1) is 0 Å². The van der Waals surface area contributed by atoms with E-state index in [-0.39, 0.29) is 17.7 Å². The molecule has 0 radical (unpaired) electrons. The molecular weight excluding hydrogens is 400 g/mol. The zero-order chi connectivity index (χ0) is 22.4. The van der Waals surface area contributed by atoms with Gasteiger partial charge in [-0.3, -0.25) is 9.59 Å². The van der Waals surface area contributed by atoms with Gasteiger partial charge in [-0.05, 0) is 37.1 Å². The van der Waals surface area contributed by atoms with E-state index in [1.807, 2.05) is 0 Å². The molecule has 1 aliphatic heterocycles. The summed E-state index contributed by atoms with van der Waals surface area (Å²) in [7, 11) is 4.31. The summed E-state index contributed by atoms with van der Waals surface area (Å²) in [5.41, 5.74) is 1.09. The molecule has 0 spiro atoms. The molecule has 0 saturated carbocycles. The molecule has 1 saturated heterocycles. The SMILES string of the molecule is COC(=O)c1ccccc1NC(=O)C1CCN(C(=O)c2c(OC)cccc2OC)CC1. The van der Waals surface area contributed by atoms with Crippen LogP contribution in [0, 0.1) is 5.92 Å². The fourth-order valence-electron chi connectivity index (χ4n) is 3.68. The molecule has 0 atom stereocenters. The smallest absolute Gasteiger partial charge is 0.339 e. The van der Waals surface area contributed by atoms with Gasteiger partial charge in [0, 0.05) is 19.0 Å². The average Bonchev–Trinajstić information content (AvgIpc) is 2.82. The Bertz CT molecular complexity index is 944. The lowest BCUT2D eigenvalue weighted by Crippen LogP contribution is -2.41. The van der Waals surface area contributed by atoms with Crippen LogP contribution in [0.25, 0.3) is 0 Å². The van der Waals surface area contributed by atoms with E-state index >= 15 is 0 Å². The van der Waals surface area contributed by atoms with Crippen LogP contribution in [0.2, 0.25) is 0 Å². The fourth-order valence-corrected chi connectivity index (χ4v) is 3.68. The number of amides is 2. The minimum atomic E-state index is -0.512. The van der Waals surface area contributed by atoms with Crippen LogP contribution in [0.1, 0.15) is 33.6 Å². The zero-order valence-corrected chi connectivity index (χ0v) is 17.8. The molecule has 164 valence electrons. The van der Waals surface area contributed by atoms with E-state index in [0.29, 0.717) is 54.2 Å². The first-order chi connectivity index (χ1) is 15.0. The lowest BCUT2D eigenvalue weighted by atomic mass is 9.95. The normalized spacial score (nSPS) is 14.0. The molecule has 8 heteroatoms. The molecule has 0 bridgehead atoms. The first-order valence-electron chi connectivity index (χ1n) is 9.98. The summed E-state index contributed by atoms with van der Waals surface area (Å²) in [5, 5.41) is 2.82. The van der Waals surface area contributed by atoms with E-state index in [0.717, 1.165) is 0 Å². The van der Waals surface area contributed by atoms with Crippen LogP contribution in [0.15, 0.2) is 42.5 Å². The highest BCUT2D eigenvalue weighted by atomic mass is 16.5. The molecule has 8 nitrogen and oxygen atoms in total. The van der Waals surface area contributed by atoms with E-state index in [4.69, 9.17) is 14.2 Å². The number of rotatable bonds is 6. The third-order valence-corrected chi connectivity index (χ3v) is 5.38. The van der Waals surface area contributed by atoms with Crippen molar-refractivity contribution in [1.29, 1.82) is 0 Å². The van der Waals surface area contributed by atoms with Gasteiger partial charge in [0.15, 0.2) is 0 Å². The Kier molecular flexibility index (Phi) is 7.12. The van der Waals surface area contributed by atoms with Crippen molar-refractivity contribution in [2.45, 2.75) is 12.8 Å². The molecule has 2 aromatic carbocycles. The summed E-state index contributed by atoms with van der Waals surface area (Å²) < 4.78 is 15.4. The topological polar surface area (TPSA) is 94.2 Å². The molecule has 2 amide bonds. The van der Waals surface area contributed by atoms with Gasteiger partial charge in [0.1, 0.15) is 17.1 Å². The fraction of sp³-hybridized carbons (Fsp3) is 0.348. The number of anilines is 1. The minimum absolute atomic E-state index is 0.182. The average molecular weight is 426 g/mol. The van der Waals surface area contributed by atoms with Gasteiger partial charge in [-0.25, -0.2) is 4.79 Å². The first-order valence-corrected chi connectivity index (χ1v) is 9.98. The van der Waals surface area contributed by atoms with E-state index < -0.39 is 5.97 Å². The predicted molar refractivity (Wildman–Crippen MR) is 115 cm³/mol. The molecular formula is C23H26N2O6. The number of benzene rings is 2. The van der Waals surface area contributed by atoms with Gasteiger partial charge in [-0.2, -0.15) is 0 Å². The number of nitrogens with one attached hydrogen (secondary N) is 1. The molecule has 0 aliphatic carbocycles. The van der Waals surface area contributed by atoms with Crippen LogP contribution in [0.5, 0.6) is 11.5 Å². The Morgan fingerprint density at radius 1 is 0.903 bits per heavy atom. The second kappa shape index (κ2) is 9.97. The summed E-state index contributed by atoms with van der Waals surface area (Å²) in [6.07, 6.45) is 1.02. The van der Waals surface area contributed by atoms with E-state index in [9.17, 15) is 14.4 Å². The van der Waals surface area contributed by atoms with E-state index in [1.54, 1.807) is 47.4 Å². The number of nitrogens with zero attached hydrogens (tertiary/aromatic N) is 1. The number of hydrogen-bond donors (Lipinski definition) is 1. The summed E-state index contributed by atoms with van der Waals surface area (Å²) in [4.78, 5) is 39.5. The number of para-hydroxylation sites is 1. The van der Waals surface area contributed by atoms with Gasteiger partial charge in [-0.1, -0.05) is 18.2 Å². The van der Waals surface area contributed by atoms with Gasteiger partial charge in [0.2, 0.25) is 5.91 Å². The van der Waals surface area contributed by atoms with Crippen LogP contribution in [0.3, 0.4) is 0 Å². The van der Waals surface area contributed by atoms with Crippen LogP contribution in [-0.4, -0.2) is 57.1 Å². The van der Waals surface area contributed by atoms with E-state index in [2.05, 4.69) is 5.32 Å². The van der Waals surface area contributed by atoms with E-state index in [1.165, 1.54) is 21.3 Å². The summed E-state index contributed by atoms with van der Waals surface area (Å²) in [6.45, 7) is 0.855. The number of likely N-dealkylation sites (tertiary alicyclic amines) is 1. The van der Waals surface area contributed by atoms with Crippen LogP contribution in [-0.2, 0) is 9.53 Å². The third kappa shape index (κ3) is 4.79. The first kappa shape index (κ1) is 22.1. The number of carbonyl (C=O) groups is 3. The second-order valence-electron chi connectivity index (χ2n) is 7.13. The van der Waals surface area contributed by atoms with Crippen molar-refractivity contribution in [2.75, 3.05) is 39.7 Å². The lowest BCUT2D eigenvalue weighted by molar-refractivity contribution is -0.121. The summed E-state index contributed by atoms with van der Waals surface area (Å²) in [5.74, 6) is -0.258. The van der Waals surface area contributed by atoms with Crippen LogP contribution >= 0.6 is 0 Å². The molecule has 1 fully saturated rings. The van der Waals surface area contributed by atoms with Gasteiger partial charge < -0.3 is 24.4 Å². The van der Waals surface area contributed by atoms with Crippen molar-refractivity contribution in [3.63, 3.8) is 0 Å². The zero-order valence-electron chi connectivity index (χ0n) is 17.8. The number of piperidine rings is 1. The molecule has 2 aromatic rings. The number of methoxy groups -OCH3 is 3. The minimum Gasteiger partial charge on any atom is -0.496 e.